The van der Waals surface area contributed by atoms with Crippen molar-refractivity contribution in [2.45, 2.75) is 44.4 Å². The maximum atomic E-state index is 12.6. The first-order chi connectivity index (χ1) is 9.84. The van der Waals surface area contributed by atoms with E-state index in [0.29, 0.717) is 7.57 Å². The summed E-state index contributed by atoms with van der Waals surface area (Å²) in [6.07, 6.45) is 3.94. The number of carbonyl (C=O) groups is 1. The minimum atomic E-state index is -3.72. The summed E-state index contributed by atoms with van der Waals surface area (Å²) in [4.78, 5) is 12.6. The van der Waals surface area contributed by atoms with Gasteiger partial charge in [0.25, 0.3) is 15.9 Å². The summed E-state index contributed by atoms with van der Waals surface area (Å²) in [6.45, 7) is 4.42. The molecule has 1 amide bonds. The number of sulfonamides is 1. The maximum absolute atomic E-state index is 12.6. The van der Waals surface area contributed by atoms with E-state index in [2.05, 4.69) is 38.8 Å². The molecule has 0 saturated carbocycles. The van der Waals surface area contributed by atoms with Crippen molar-refractivity contribution >= 4 is 59.1 Å². The number of amides is 1. The highest BCUT2D eigenvalue weighted by Crippen LogP contribution is 2.46. The van der Waals surface area contributed by atoms with Crippen LogP contribution in [0.25, 0.3) is 0 Å². The average molecular weight is 459 g/mol. The van der Waals surface area contributed by atoms with E-state index < -0.39 is 15.9 Å². The first-order valence-electron chi connectivity index (χ1n) is 6.89. The topological polar surface area (TPSA) is 54.5 Å². The Bertz CT molecular complexity index is 655. The molecule has 1 atom stereocenters. The second-order valence-electron chi connectivity index (χ2n) is 5.11. The van der Waals surface area contributed by atoms with Crippen molar-refractivity contribution in [2.75, 3.05) is 6.54 Å². The lowest BCUT2D eigenvalue weighted by molar-refractivity contribution is 0.0853. The van der Waals surface area contributed by atoms with Crippen molar-refractivity contribution < 1.29 is 13.2 Å². The Morgan fingerprint density at radius 2 is 1.90 bits per heavy atom. The zero-order valence-corrected chi connectivity index (χ0v) is 16.7. The molecule has 118 valence electrons. The second kappa shape index (κ2) is 6.68. The molecule has 0 saturated heterocycles. The van der Waals surface area contributed by atoms with Gasteiger partial charge in [0.2, 0.25) is 0 Å². The van der Waals surface area contributed by atoms with E-state index in [-0.39, 0.29) is 22.9 Å². The predicted molar refractivity (Wildman–Crippen MR) is 91.2 cm³/mol. The van der Waals surface area contributed by atoms with Gasteiger partial charge in [-0.05, 0) is 44.2 Å². The van der Waals surface area contributed by atoms with E-state index in [4.69, 9.17) is 0 Å². The van der Waals surface area contributed by atoms with Gasteiger partial charge in [-0.25, -0.2) is 12.7 Å². The van der Waals surface area contributed by atoms with Gasteiger partial charge in [0.15, 0.2) is 0 Å². The highest BCUT2D eigenvalue weighted by atomic mass is 79.9. The molecule has 0 aliphatic carbocycles. The number of unbranched alkanes of at least 4 members (excludes halogenated alkanes) is 1. The monoisotopic (exact) mass is 457 g/mol. The number of hydrogen-bond acceptors (Lipinski definition) is 4. The minimum Gasteiger partial charge on any atom is -0.268 e. The predicted octanol–water partition coefficient (Wildman–Crippen LogP) is 4.63. The zero-order chi connectivity index (χ0) is 15.8. The summed E-state index contributed by atoms with van der Waals surface area (Å²) in [5.74, 6) is -0.192. The van der Waals surface area contributed by atoms with E-state index >= 15 is 0 Å². The lowest BCUT2D eigenvalue weighted by Crippen LogP contribution is -2.34. The molecule has 0 bridgehead atoms. The second-order valence-corrected chi connectivity index (χ2v) is 10.6. The first kappa shape index (κ1) is 17.4. The zero-order valence-electron chi connectivity index (χ0n) is 11.9. The van der Waals surface area contributed by atoms with Crippen LogP contribution in [-0.4, -0.2) is 25.2 Å². The van der Waals surface area contributed by atoms with Crippen LogP contribution in [0.3, 0.4) is 0 Å². The smallest absolute Gasteiger partial charge is 0.268 e. The maximum Gasteiger partial charge on any atom is 0.271 e. The molecule has 1 unspecified atom stereocenters. The van der Waals surface area contributed by atoms with Crippen molar-refractivity contribution in [1.82, 2.24) is 4.31 Å². The molecule has 8 heteroatoms. The van der Waals surface area contributed by atoms with Crippen molar-refractivity contribution in [3.63, 3.8) is 0 Å². The fraction of sp³-hybridized carbons (Fsp3) is 0.615. The molecule has 0 fully saturated rings. The van der Waals surface area contributed by atoms with Crippen LogP contribution in [0, 0.1) is 5.92 Å². The highest BCUT2D eigenvalue weighted by molar-refractivity contribution is 9.12. The molecule has 0 aromatic carbocycles. The van der Waals surface area contributed by atoms with Crippen LogP contribution >= 0.6 is 43.2 Å². The molecule has 21 heavy (non-hydrogen) atoms. The average Bonchev–Trinajstić information content (AvgIpc) is 2.82. The Kier molecular flexibility index (Phi) is 5.55. The molecule has 0 N–H and O–H groups in total. The van der Waals surface area contributed by atoms with Crippen LogP contribution in [0.5, 0.6) is 0 Å². The molecule has 2 rings (SSSR count). The fourth-order valence-electron chi connectivity index (χ4n) is 2.45. The van der Waals surface area contributed by atoms with Crippen LogP contribution in [0.2, 0.25) is 0 Å². The first-order valence-corrected chi connectivity index (χ1v) is 10.7. The van der Waals surface area contributed by atoms with Crippen LogP contribution in [0.4, 0.5) is 0 Å². The van der Waals surface area contributed by atoms with Gasteiger partial charge in [-0.2, -0.15) is 0 Å². The van der Waals surface area contributed by atoms with E-state index in [9.17, 15) is 13.2 Å². The summed E-state index contributed by atoms with van der Waals surface area (Å²) in [6, 6.07) is 0. The molecule has 1 aromatic heterocycles. The molecular formula is C13H17Br2NO3S2. The Morgan fingerprint density at radius 1 is 1.24 bits per heavy atom. The SMILES string of the molecule is CCCCC(CC)CN1C(=O)c2c(Br)sc(Br)c2S1(=O)=O. The van der Waals surface area contributed by atoms with Gasteiger partial charge in [-0.3, -0.25) is 4.79 Å². The van der Waals surface area contributed by atoms with Crippen molar-refractivity contribution in [2.24, 2.45) is 5.92 Å². The van der Waals surface area contributed by atoms with Crippen LogP contribution in [-0.2, 0) is 10.0 Å². The number of rotatable bonds is 6. The van der Waals surface area contributed by atoms with E-state index in [1.165, 1.54) is 11.3 Å². The standard InChI is InChI=1S/C13H17Br2NO3S2/c1-3-5-6-8(4-2)7-16-13(17)9-10(21(16,18)19)12(15)20-11(9)14/h8H,3-7H2,1-2H3. The minimum absolute atomic E-state index is 0.120. The number of carbonyl (C=O) groups excluding carboxylic acids is 1. The van der Waals surface area contributed by atoms with Crippen molar-refractivity contribution in [3.8, 4) is 0 Å². The van der Waals surface area contributed by atoms with Gasteiger partial charge in [0, 0.05) is 6.54 Å². The van der Waals surface area contributed by atoms with Gasteiger partial charge < -0.3 is 0 Å². The number of hydrogen-bond donors (Lipinski definition) is 0. The van der Waals surface area contributed by atoms with Crippen LogP contribution in [0.1, 0.15) is 49.9 Å². The molecule has 4 nitrogen and oxygen atoms in total. The normalized spacial score (nSPS) is 18.1. The van der Waals surface area contributed by atoms with E-state index in [0.717, 1.165) is 30.0 Å². The quantitative estimate of drug-likeness (QED) is 0.624. The molecule has 1 aromatic rings. The molecule has 0 spiro atoms. The fourth-order valence-corrected chi connectivity index (χ4v) is 8.12. The van der Waals surface area contributed by atoms with Crippen molar-refractivity contribution in [3.05, 3.63) is 13.1 Å². The molecule has 1 aliphatic rings. The van der Waals surface area contributed by atoms with Crippen molar-refractivity contribution in [1.29, 1.82) is 0 Å². The van der Waals surface area contributed by atoms with E-state index in [1.807, 2.05) is 6.92 Å². The Labute approximate surface area is 146 Å². The van der Waals surface area contributed by atoms with Gasteiger partial charge in [0.1, 0.15) is 4.90 Å². The molecule has 1 aliphatic heterocycles. The number of fused-ring (bicyclic) bond motifs is 1. The number of nitrogens with zero attached hydrogens (tertiary/aromatic N) is 1. The Hall–Kier alpha value is 0.0800. The van der Waals surface area contributed by atoms with Gasteiger partial charge in [0.05, 0.1) is 13.1 Å². The van der Waals surface area contributed by atoms with Gasteiger partial charge in [-0.15, -0.1) is 11.3 Å². The summed E-state index contributed by atoms with van der Waals surface area (Å²) < 4.78 is 27.3. The third-order valence-electron chi connectivity index (χ3n) is 3.74. The Balaban J connectivity index is 2.31. The van der Waals surface area contributed by atoms with Crippen LogP contribution in [0.15, 0.2) is 12.5 Å². The lowest BCUT2D eigenvalue weighted by atomic mass is 9.99. The lowest BCUT2D eigenvalue weighted by Gasteiger charge is -2.22. The highest BCUT2D eigenvalue weighted by Gasteiger charge is 2.46. The summed E-state index contributed by atoms with van der Waals surface area (Å²) in [7, 11) is -3.72. The molecular weight excluding hydrogens is 442 g/mol. The van der Waals surface area contributed by atoms with Gasteiger partial charge >= 0.3 is 0 Å². The van der Waals surface area contributed by atoms with Gasteiger partial charge in [-0.1, -0.05) is 33.1 Å². The molecule has 0 radical (unpaired) electrons. The number of halogens is 2. The van der Waals surface area contributed by atoms with Crippen LogP contribution < -0.4 is 0 Å². The summed E-state index contributed by atoms with van der Waals surface area (Å²) in [5.41, 5.74) is 0.275. The summed E-state index contributed by atoms with van der Waals surface area (Å²) in [5, 5.41) is 0. The van der Waals surface area contributed by atoms with E-state index in [1.54, 1.807) is 0 Å². The summed E-state index contributed by atoms with van der Waals surface area (Å²) >= 11 is 7.77. The molecule has 2 heterocycles. The Morgan fingerprint density at radius 3 is 2.43 bits per heavy atom. The third kappa shape index (κ3) is 3.09. The largest absolute Gasteiger partial charge is 0.271 e. The number of thiophene rings is 1. The third-order valence-corrected chi connectivity index (χ3v) is 8.48.